The zero-order valence-electron chi connectivity index (χ0n) is 14.7. The molecule has 4 rings (SSSR count). The Morgan fingerprint density at radius 2 is 1.59 bits per heavy atom. The average Bonchev–Trinajstić information content (AvgIpc) is 3.14. The smallest absolute Gasteiger partial charge is 0.291 e. The number of benzene rings is 3. The van der Waals surface area contributed by atoms with E-state index in [1.54, 1.807) is 13.2 Å². The van der Waals surface area contributed by atoms with Gasteiger partial charge in [-0.3, -0.25) is 4.79 Å². The SMILES string of the molecule is COc1ccc(Nc2ccccc2NC(=O)c2cc3ccccc3o2)cc1. The highest BCUT2D eigenvalue weighted by molar-refractivity contribution is 6.06. The first kappa shape index (κ1) is 16.7. The largest absolute Gasteiger partial charge is 0.497 e. The lowest BCUT2D eigenvalue weighted by atomic mass is 10.2. The standard InChI is InChI=1S/C22H18N2O3/c1-26-17-12-10-16(11-13-17)23-18-7-3-4-8-19(18)24-22(25)21-14-15-6-2-5-9-20(15)27-21/h2-14,23H,1H3,(H,24,25). The van der Waals surface area contributed by atoms with Gasteiger partial charge in [-0.05, 0) is 48.5 Å². The first-order chi connectivity index (χ1) is 13.2. The van der Waals surface area contributed by atoms with Gasteiger partial charge in [-0.25, -0.2) is 0 Å². The van der Waals surface area contributed by atoms with Crippen LogP contribution in [0.4, 0.5) is 17.1 Å². The van der Waals surface area contributed by atoms with Crippen LogP contribution in [0.5, 0.6) is 5.75 Å². The molecule has 0 atom stereocenters. The maximum Gasteiger partial charge on any atom is 0.291 e. The normalized spacial score (nSPS) is 10.6. The highest BCUT2D eigenvalue weighted by Crippen LogP contribution is 2.27. The molecule has 1 heterocycles. The van der Waals surface area contributed by atoms with Crippen molar-refractivity contribution in [1.82, 2.24) is 0 Å². The van der Waals surface area contributed by atoms with Crippen LogP contribution in [0, 0.1) is 0 Å². The minimum absolute atomic E-state index is 0.274. The van der Waals surface area contributed by atoms with E-state index in [2.05, 4.69) is 10.6 Å². The number of amides is 1. The first-order valence-corrected chi connectivity index (χ1v) is 8.53. The van der Waals surface area contributed by atoms with Gasteiger partial charge in [-0.2, -0.15) is 0 Å². The van der Waals surface area contributed by atoms with Crippen molar-refractivity contribution in [3.8, 4) is 5.75 Å². The summed E-state index contributed by atoms with van der Waals surface area (Å²) in [5, 5.41) is 7.11. The molecule has 0 fully saturated rings. The van der Waals surface area contributed by atoms with Gasteiger partial charge < -0.3 is 19.8 Å². The number of furan rings is 1. The minimum Gasteiger partial charge on any atom is -0.497 e. The van der Waals surface area contributed by atoms with Crippen LogP contribution < -0.4 is 15.4 Å². The van der Waals surface area contributed by atoms with Crippen LogP contribution >= 0.6 is 0 Å². The number of hydrogen-bond acceptors (Lipinski definition) is 4. The third-order valence-electron chi connectivity index (χ3n) is 4.19. The van der Waals surface area contributed by atoms with E-state index in [0.29, 0.717) is 11.3 Å². The Bertz CT molecular complexity index is 1050. The summed E-state index contributed by atoms with van der Waals surface area (Å²) in [5.41, 5.74) is 3.03. The van der Waals surface area contributed by atoms with Gasteiger partial charge >= 0.3 is 0 Å². The van der Waals surface area contributed by atoms with Crippen LogP contribution in [-0.4, -0.2) is 13.0 Å². The molecule has 0 aliphatic rings. The fourth-order valence-electron chi connectivity index (χ4n) is 2.81. The molecule has 5 heteroatoms. The zero-order valence-corrected chi connectivity index (χ0v) is 14.7. The van der Waals surface area contributed by atoms with Crippen LogP contribution in [0.1, 0.15) is 10.6 Å². The van der Waals surface area contributed by atoms with Gasteiger partial charge in [0.1, 0.15) is 11.3 Å². The second-order valence-corrected chi connectivity index (χ2v) is 6.00. The molecule has 27 heavy (non-hydrogen) atoms. The number of fused-ring (bicyclic) bond motifs is 1. The monoisotopic (exact) mass is 358 g/mol. The third kappa shape index (κ3) is 3.62. The summed E-state index contributed by atoms with van der Waals surface area (Å²) in [6, 6.07) is 24.4. The van der Waals surface area contributed by atoms with E-state index in [1.807, 2.05) is 72.8 Å². The van der Waals surface area contributed by atoms with E-state index in [4.69, 9.17) is 9.15 Å². The van der Waals surface area contributed by atoms with E-state index >= 15 is 0 Å². The maximum absolute atomic E-state index is 12.6. The Morgan fingerprint density at radius 3 is 2.33 bits per heavy atom. The van der Waals surface area contributed by atoms with E-state index in [0.717, 1.165) is 22.5 Å². The van der Waals surface area contributed by atoms with Gasteiger partial charge in [-0.15, -0.1) is 0 Å². The summed E-state index contributed by atoms with van der Waals surface area (Å²) in [5.74, 6) is 0.762. The Labute approximate surface area is 156 Å². The molecular weight excluding hydrogens is 340 g/mol. The zero-order chi connectivity index (χ0) is 18.6. The van der Waals surface area contributed by atoms with E-state index < -0.39 is 0 Å². The van der Waals surface area contributed by atoms with Crippen LogP contribution in [0.3, 0.4) is 0 Å². The van der Waals surface area contributed by atoms with Crippen molar-refractivity contribution in [3.63, 3.8) is 0 Å². The number of nitrogens with one attached hydrogen (secondary N) is 2. The summed E-state index contributed by atoms with van der Waals surface area (Å²) >= 11 is 0. The number of rotatable bonds is 5. The predicted octanol–water partition coefficient (Wildman–Crippen LogP) is 5.44. The minimum atomic E-state index is -0.296. The third-order valence-corrected chi connectivity index (χ3v) is 4.19. The summed E-state index contributed by atoms with van der Waals surface area (Å²) in [6.45, 7) is 0. The number of ether oxygens (including phenoxy) is 1. The maximum atomic E-state index is 12.6. The molecular formula is C22H18N2O3. The molecule has 2 N–H and O–H groups in total. The number of methoxy groups -OCH3 is 1. The molecule has 0 saturated heterocycles. The van der Waals surface area contributed by atoms with Crippen molar-refractivity contribution in [2.24, 2.45) is 0 Å². The van der Waals surface area contributed by atoms with E-state index in [1.165, 1.54) is 0 Å². The molecule has 0 spiro atoms. The number of carbonyl (C=O) groups is 1. The lowest BCUT2D eigenvalue weighted by molar-refractivity contribution is 0.0999. The molecule has 1 aromatic heterocycles. The molecule has 5 nitrogen and oxygen atoms in total. The molecule has 0 aliphatic carbocycles. The predicted molar refractivity (Wildman–Crippen MR) is 107 cm³/mol. The Kier molecular flexibility index (Phi) is 4.49. The van der Waals surface area contributed by atoms with Crippen molar-refractivity contribution < 1.29 is 13.9 Å². The molecule has 4 aromatic rings. The highest BCUT2D eigenvalue weighted by Gasteiger charge is 2.14. The molecule has 3 aromatic carbocycles. The van der Waals surface area contributed by atoms with Crippen molar-refractivity contribution >= 4 is 33.9 Å². The molecule has 134 valence electrons. The van der Waals surface area contributed by atoms with Crippen molar-refractivity contribution in [2.45, 2.75) is 0 Å². The average molecular weight is 358 g/mol. The fourth-order valence-corrected chi connectivity index (χ4v) is 2.81. The van der Waals surface area contributed by atoms with Crippen molar-refractivity contribution in [3.05, 3.63) is 84.6 Å². The van der Waals surface area contributed by atoms with Gasteiger partial charge in [0.25, 0.3) is 5.91 Å². The summed E-state index contributed by atoms with van der Waals surface area (Å²) < 4.78 is 10.8. The topological polar surface area (TPSA) is 63.5 Å². The number of carbonyl (C=O) groups excluding carboxylic acids is 1. The van der Waals surface area contributed by atoms with Gasteiger partial charge in [0.05, 0.1) is 18.5 Å². The van der Waals surface area contributed by atoms with Crippen LogP contribution in [0.25, 0.3) is 11.0 Å². The number of para-hydroxylation sites is 3. The Hall–Kier alpha value is -3.73. The number of anilines is 3. The summed E-state index contributed by atoms with van der Waals surface area (Å²) in [4.78, 5) is 12.6. The summed E-state index contributed by atoms with van der Waals surface area (Å²) in [7, 11) is 1.63. The van der Waals surface area contributed by atoms with Gasteiger partial charge in [0.15, 0.2) is 5.76 Å². The molecule has 1 amide bonds. The molecule has 0 radical (unpaired) electrons. The lowest BCUT2D eigenvalue weighted by Gasteiger charge is -2.13. The van der Waals surface area contributed by atoms with Gasteiger partial charge in [0.2, 0.25) is 0 Å². The van der Waals surface area contributed by atoms with Gasteiger partial charge in [0, 0.05) is 11.1 Å². The quantitative estimate of drug-likeness (QED) is 0.499. The van der Waals surface area contributed by atoms with Crippen molar-refractivity contribution in [1.29, 1.82) is 0 Å². The summed E-state index contributed by atoms with van der Waals surface area (Å²) in [6.07, 6.45) is 0. The van der Waals surface area contributed by atoms with Crippen LogP contribution in [0.15, 0.2) is 83.3 Å². The second kappa shape index (κ2) is 7.25. The second-order valence-electron chi connectivity index (χ2n) is 6.00. The molecule has 0 aliphatic heterocycles. The first-order valence-electron chi connectivity index (χ1n) is 8.53. The molecule has 0 saturated carbocycles. The van der Waals surface area contributed by atoms with Crippen LogP contribution in [-0.2, 0) is 0 Å². The van der Waals surface area contributed by atoms with Crippen LogP contribution in [0.2, 0.25) is 0 Å². The highest BCUT2D eigenvalue weighted by atomic mass is 16.5. The van der Waals surface area contributed by atoms with Crippen molar-refractivity contribution in [2.75, 3.05) is 17.7 Å². The van der Waals surface area contributed by atoms with E-state index in [-0.39, 0.29) is 11.7 Å². The molecule has 0 unspecified atom stereocenters. The lowest BCUT2D eigenvalue weighted by Crippen LogP contribution is -2.12. The Morgan fingerprint density at radius 1 is 0.889 bits per heavy atom. The fraction of sp³-hybridized carbons (Fsp3) is 0.0455. The van der Waals surface area contributed by atoms with Gasteiger partial charge in [-0.1, -0.05) is 30.3 Å². The molecule has 0 bridgehead atoms. The Balaban J connectivity index is 1.55. The van der Waals surface area contributed by atoms with E-state index in [9.17, 15) is 4.79 Å². The number of hydrogen-bond donors (Lipinski definition) is 2.